The second kappa shape index (κ2) is 7.85. The predicted octanol–water partition coefficient (Wildman–Crippen LogP) is 3.08. The fourth-order valence-electron chi connectivity index (χ4n) is 0.681. The molecule has 0 aromatic carbocycles. The van der Waals surface area contributed by atoms with Gasteiger partial charge in [0.15, 0.2) is 0 Å². The average molecular weight is 256 g/mol. The summed E-state index contributed by atoms with van der Waals surface area (Å²) in [6.45, 7) is 4.51. The van der Waals surface area contributed by atoms with Crippen molar-refractivity contribution in [3.05, 3.63) is 0 Å². The van der Waals surface area contributed by atoms with Crippen molar-refractivity contribution in [2.24, 2.45) is 0 Å². The van der Waals surface area contributed by atoms with Gasteiger partial charge in [0.05, 0.1) is 19.8 Å². The largest absolute Gasteiger partial charge is 0.327 e. The van der Waals surface area contributed by atoms with E-state index in [-0.39, 0.29) is 0 Å². The van der Waals surface area contributed by atoms with E-state index in [4.69, 9.17) is 37.6 Å². The van der Waals surface area contributed by atoms with Gasteiger partial charge >= 0.3 is 6.72 Å². The lowest BCUT2D eigenvalue weighted by molar-refractivity contribution is 0.182. The monoisotopic (exact) mass is 256 g/mol. The molecular formula is C8H17O3PS2. The van der Waals surface area contributed by atoms with Crippen LogP contribution in [-0.4, -0.2) is 24.7 Å². The summed E-state index contributed by atoms with van der Waals surface area (Å²) in [4.78, 5) is 0.832. The third kappa shape index (κ3) is 6.17. The minimum Gasteiger partial charge on any atom is -0.309 e. The molecule has 0 aliphatic heterocycles. The van der Waals surface area contributed by atoms with Crippen molar-refractivity contribution in [2.45, 2.75) is 27.2 Å². The fraction of sp³-hybridized carbons (Fsp3) is 0.875. The van der Waals surface area contributed by atoms with Crippen LogP contribution in [0.15, 0.2) is 0 Å². The van der Waals surface area contributed by atoms with Gasteiger partial charge in [-0.1, -0.05) is 19.1 Å². The lowest BCUT2D eigenvalue weighted by Crippen LogP contribution is -2.07. The van der Waals surface area contributed by atoms with E-state index in [0.717, 1.165) is 11.3 Å². The summed E-state index contributed by atoms with van der Waals surface area (Å²) < 4.78 is 16.0. The van der Waals surface area contributed by atoms with E-state index in [1.54, 1.807) is 0 Å². The zero-order chi connectivity index (χ0) is 11.0. The van der Waals surface area contributed by atoms with Crippen LogP contribution >= 0.6 is 18.9 Å². The molecule has 14 heavy (non-hydrogen) atoms. The Labute approximate surface area is 96.4 Å². The number of hydrogen-bond donors (Lipinski definition) is 0. The van der Waals surface area contributed by atoms with Gasteiger partial charge in [0.2, 0.25) is 0 Å². The number of hydrogen-bond acceptors (Lipinski definition) is 5. The first-order valence-electron chi connectivity index (χ1n) is 4.63. The smallest absolute Gasteiger partial charge is 0.309 e. The van der Waals surface area contributed by atoms with Gasteiger partial charge < -0.3 is 13.6 Å². The summed E-state index contributed by atoms with van der Waals surface area (Å²) in [5.41, 5.74) is 0. The molecule has 0 aromatic rings. The lowest BCUT2D eigenvalue weighted by atomic mass is 10.4. The highest BCUT2D eigenvalue weighted by Crippen LogP contribution is 2.49. The van der Waals surface area contributed by atoms with Crippen LogP contribution in [0.1, 0.15) is 27.2 Å². The molecule has 0 atom stereocenters. The molecule has 0 aliphatic carbocycles. The Balaban J connectivity index is 4.08. The van der Waals surface area contributed by atoms with Gasteiger partial charge in [-0.15, -0.1) is 0 Å². The van der Waals surface area contributed by atoms with Gasteiger partial charge in [0, 0.05) is 4.86 Å². The minimum atomic E-state index is -2.54. The SMILES string of the molecule is CCOP(=S)(OCC)OCC(=S)CC. The average Bonchev–Trinajstić information content (AvgIpc) is 2.15. The van der Waals surface area contributed by atoms with Crippen molar-refractivity contribution < 1.29 is 13.6 Å². The van der Waals surface area contributed by atoms with Crippen LogP contribution in [-0.2, 0) is 25.4 Å². The quantitative estimate of drug-likeness (QED) is 0.491. The molecule has 0 unspecified atom stereocenters. The van der Waals surface area contributed by atoms with Gasteiger partial charge in [-0.2, -0.15) is 0 Å². The second-order valence-corrected chi connectivity index (χ2v) is 6.04. The van der Waals surface area contributed by atoms with E-state index >= 15 is 0 Å². The Morgan fingerprint density at radius 2 is 1.57 bits per heavy atom. The van der Waals surface area contributed by atoms with Gasteiger partial charge in [-0.25, -0.2) is 0 Å². The molecule has 3 nitrogen and oxygen atoms in total. The van der Waals surface area contributed by atoms with E-state index in [0.29, 0.717) is 19.8 Å². The van der Waals surface area contributed by atoms with Gasteiger partial charge in [-0.05, 0) is 32.1 Å². The Morgan fingerprint density at radius 1 is 1.07 bits per heavy atom. The first-order valence-corrected chi connectivity index (χ1v) is 7.59. The first-order chi connectivity index (χ1) is 6.58. The number of thiocarbonyl (C=S) groups is 1. The molecule has 0 aromatic heterocycles. The maximum absolute atomic E-state index is 5.40. The predicted molar refractivity (Wildman–Crippen MR) is 66.4 cm³/mol. The van der Waals surface area contributed by atoms with E-state index < -0.39 is 6.72 Å². The summed E-state index contributed by atoms with van der Waals surface area (Å²) in [5.74, 6) is 0. The van der Waals surface area contributed by atoms with Gasteiger partial charge in [0.25, 0.3) is 0 Å². The third-order valence-corrected chi connectivity index (χ3v) is 4.30. The standard InChI is InChI=1S/C8H17O3PS2/c1-4-8(13)7-11-12(14,9-5-2)10-6-3/h4-7H2,1-3H3. The molecule has 0 bridgehead atoms. The highest BCUT2D eigenvalue weighted by Gasteiger charge is 2.19. The molecule has 0 saturated carbocycles. The molecule has 0 amide bonds. The normalized spacial score (nSPS) is 11.6. The molecule has 0 rings (SSSR count). The highest BCUT2D eigenvalue weighted by atomic mass is 32.5. The Bertz CT molecular complexity index is 211. The van der Waals surface area contributed by atoms with Crippen LogP contribution in [0.3, 0.4) is 0 Å². The zero-order valence-corrected chi connectivity index (χ0v) is 11.3. The Morgan fingerprint density at radius 3 is 1.93 bits per heavy atom. The molecule has 0 heterocycles. The molecule has 0 N–H and O–H groups in total. The van der Waals surface area contributed by atoms with E-state index in [9.17, 15) is 0 Å². The Kier molecular flexibility index (Phi) is 8.20. The summed E-state index contributed by atoms with van der Waals surface area (Å²) in [6.07, 6.45) is 0.808. The molecule has 6 heteroatoms. The summed E-state index contributed by atoms with van der Waals surface area (Å²) in [7, 11) is 0. The van der Waals surface area contributed by atoms with Crippen LogP contribution in [0.4, 0.5) is 0 Å². The van der Waals surface area contributed by atoms with Crippen molar-refractivity contribution in [3.63, 3.8) is 0 Å². The minimum absolute atomic E-state index is 0.350. The molecule has 0 spiro atoms. The van der Waals surface area contributed by atoms with Crippen LogP contribution in [0, 0.1) is 0 Å². The van der Waals surface area contributed by atoms with Crippen LogP contribution in [0.25, 0.3) is 0 Å². The number of rotatable bonds is 8. The van der Waals surface area contributed by atoms with Crippen LogP contribution in [0.2, 0.25) is 0 Å². The van der Waals surface area contributed by atoms with Crippen molar-refractivity contribution in [2.75, 3.05) is 19.8 Å². The van der Waals surface area contributed by atoms with Crippen molar-refractivity contribution >= 4 is 35.6 Å². The fourth-order valence-corrected chi connectivity index (χ4v) is 2.79. The van der Waals surface area contributed by atoms with Gasteiger partial charge in [-0.3, -0.25) is 0 Å². The maximum atomic E-state index is 5.40. The third-order valence-electron chi connectivity index (χ3n) is 1.35. The molecular weight excluding hydrogens is 239 g/mol. The molecule has 84 valence electrons. The highest BCUT2D eigenvalue weighted by molar-refractivity contribution is 8.07. The Hall–Kier alpha value is 0.620. The lowest BCUT2D eigenvalue weighted by Gasteiger charge is -2.20. The molecule has 0 radical (unpaired) electrons. The zero-order valence-electron chi connectivity index (χ0n) is 8.82. The molecule has 0 saturated heterocycles. The second-order valence-electron chi connectivity index (χ2n) is 2.45. The van der Waals surface area contributed by atoms with Crippen molar-refractivity contribution in [3.8, 4) is 0 Å². The van der Waals surface area contributed by atoms with Crippen molar-refractivity contribution in [1.82, 2.24) is 0 Å². The van der Waals surface area contributed by atoms with E-state index in [1.807, 2.05) is 20.8 Å². The van der Waals surface area contributed by atoms with E-state index in [1.165, 1.54) is 0 Å². The maximum Gasteiger partial charge on any atom is 0.327 e. The molecule has 0 aliphatic rings. The topological polar surface area (TPSA) is 27.7 Å². The summed E-state index contributed by atoms with van der Waals surface area (Å²) in [6, 6.07) is 0. The van der Waals surface area contributed by atoms with Crippen molar-refractivity contribution in [1.29, 1.82) is 0 Å². The summed E-state index contributed by atoms with van der Waals surface area (Å²) in [5, 5.41) is 0. The molecule has 0 fully saturated rings. The van der Waals surface area contributed by atoms with E-state index in [2.05, 4.69) is 0 Å². The first kappa shape index (κ1) is 14.6. The van der Waals surface area contributed by atoms with Crippen LogP contribution in [0.5, 0.6) is 0 Å². The van der Waals surface area contributed by atoms with Gasteiger partial charge in [0.1, 0.15) is 0 Å². The van der Waals surface area contributed by atoms with Crippen LogP contribution < -0.4 is 0 Å². The summed E-state index contributed by atoms with van der Waals surface area (Å²) >= 11 is 10.2.